The number of hydrogen-bond donors (Lipinski definition) is 0. The van der Waals surface area contributed by atoms with E-state index in [0.717, 1.165) is 12.8 Å². The number of piperidine rings is 1. The third-order valence-electron chi connectivity index (χ3n) is 4.32. The van der Waals surface area contributed by atoms with Gasteiger partial charge in [0.15, 0.2) is 0 Å². The standard InChI is InChI=1S/C14H23NO3/c1-18-14(17)12-6-8-15(9-7-12)13(16)10-11-4-2-3-5-11/h11-12H,2-10H2,1H3. The van der Waals surface area contributed by atoms with Gasteiger partial charge in [-0.15, -0.1) is 0 Å². The van der Waals surface area contributed by atoms with Gasteiger partial charge >= 0.3 is 5.97 Å². The van der Waals surface area contributed by atoms with E-state index in [1.807, 2.05) is 4.90 Å². The van der Waals surface area contributed by atoms with E-state index in [1.54, 1.807) is 0 Å². The SMILES string of the molecule is COC(=O)C1CCN(C(=O)CC2CCCC2)CC1. The first kappa shape index (κ1) is 13.4. The number of rotatable bonds is 3. The quantitative estimate of drug-likeness (QED) is 0.722. The Labute approximate surface area is 109 Å². The molecular weight excluding hydrogens is 230 g/mol. The lowest BCUT2D eigenvalue weighted by molar-refractivity contribution is -0.149. The number of amides is 1. The highest BCUT2D eigenvalue weighted by atomic mass is 16.5. The summed E-state index contributed by atoms with van der Waals surface area (Å²) < 4.78 is 4.75. The molecule has 2 fully saturated rings. The molecule has 102 valence electrons. The summed E-state index contributed by atoms with van der Waals surface area (Å²) in [5.74, 6) is 0.754. The van der Waals surface area contributed by atoms with Gasteiger partial charge in [0.1, 0.15) is 0 Å². The van der Waals surface area contributed by atoms with Gasteiger partial charge in [0.25, 0.3) is 0 Å². The molecule has 18 heavy (non-hydrogen) atoms. The van der Waals surface area contributed by atoms with Gasteiger partial charge in [-0.1, -0.05) is 12.8 Å². The van der Waals surface area contributed by atoms with Gasteiger partial charge in [0.2, 0.25) is 5.91 Å². The smallest absolute Gasteiger partial charge is 0.308 e. The molecule has 1 heterocycles. The number of hydrogen-bond acceptors (Lipinski definition) is 3. The molecule has 0 aromatic carbocycles. The van der Waals surface area contributed by atoms with E-state index in [0.29, 0.717) is 25.4 Å². The second kappa shape index (κ2) is 6.21. The van der Waals surface area contributed by atoms with E-state index in [2.05, 4.69) is 0 Å². The minimum Gasteiger partial charge on any atom is -0.469 e. The van der Waals surface area contributed by atoms with E-state index in [9.17, 15) is 9.59 Å². The Hall–Kier alpha value is -1.06. The van der Waals surface area contributed by atoms with Gasteiger partial charge in [0, 0.05) is 19.5 Å². The molecule has 1 aliphatic carbocycles. The first-order valence-electron chi connectivity index (χ1n) is 7.06. The van der Waals surface area contributed by atoms with Crippen LogP contribution in [0.2, 0.25) is 0 Å². The number of nitrogens with zero attached hydrogens (tertiary/aromatic N) is 1. The highest BCUT2D eigenvalue weighted by Crippen LogP contribution is 2.29. The summed E-state index contributed by atoms with van der Waals surface area (Å²) >= 11 is 0. The van der Waals surface area contributed by atoms with Gasteiger partial charge in [0.05, 0.1) is 13.0 Å². The fourth-order valence-corrected chi connectivity index (χ4v) is 3.12. The monoisotopic (exact) mass is 253 g/mol. The molecule has 1 saturated carbocycles. The molecule has 0 aromatic rings. The zero-order valence-electron chi connectivity index (χ0n) is 11.2. The predicted molar refractivity (Wildman–Crippen MR) is 67.9 cm³/mol. The van der Waals surface area contributed by atoms with E-state index in [4.69, 9.17) is 4.74 Å². The van der Waals surface area contributed by atoms with Crippen molar-refractivity contribution in [2.24, 2.45) is 11.8 Å². The van der Waals surface area contributed by atoms with Crippen LogP contribution in [0, 0.1) is 11.8 Å². The zero-order valence-corrected chi connectivity index (χ0v) is 11.2. The van der Waals surface area contributed by atoms with Crippen LogP contribution >= 0.6 is 0 Å². The second-order valence-electron chi connectivity index (χ2n) is 5.53. The second-order valence-corrected chi connectivity index (χ2v) is 5.53. The van der Waals surface area contributed by atoms with Gasteiger partial charge in [-0.25, -0.2) is 0 Å². The van der Waals surface area contributed by atoms with Gasteiger partial charge in [-0.3, -0.25) is 9.59 Å². The van der Waals surface area contributed by atoms with Crippen LogP contribution in [0.15, 0.2) is 0 Å². The number of esters is 1. The van der Waals surface area contributed by atoms with Crippen molar-refractivity contribution < 1.29 is 14.3 Å². The van der Waals surface area contributed by atoms with Crippen molar-refractivity contribution in [1.82, 2.24) is 4.90 Å². The highest BCUT2D eigenvalue weighted by molar-refractivity contribution is 5.77. The van der Waals surface area contributed by atoms with Crippen molar-refractivity contribution in [2.45, 2.75) is 44.9 Å². The molecule has 0 aromatic heterocycles. The summed E-state index contributed by atoms with van der Waals surface area (Å²) in [5.41, 5.74) is 0. The molecule has 1 saturated heterocycles. The first-order chi connectivity index (χ1) is 8.70. The van der Waals surface area contributed by atoms with Crippen LogP contribution in [-0.2, 0) is 14.3 Å². The minimum absolute atomic E-state index is 0.00877. The van der Waals surface area contributed by atoms with E-state index < -0.39 is 0 Å². The number of methoxy groups -OCH3 is 1. The summed E-state index contributed by atoms with van der Waals surface area (Å²) in [6, 6.07) is 0. The lowest BCUT2D eigenvalue weighted by atomic mass is 9.96. The van der Waals surface area contributed by atoms with Crippen LogP contribution in [0.5, 0.6) is 0 Å². The summed E-state index contributed by atoms with van der Waals surface area (Å²) in [6.07, 6.45) is 7.20. The summed E-state index contributed by atoms with van der Waals surface area (Å²) in [5, 5.41) is 0. The van der Waals surface area contributed by atoms with Crippen molar-refractivity contribution in [3.8, 4) is 0 Å². The summed E-state index contributed by atoms with van der Waals surface area (Å²) in [4.78, 5) is 25.4. The van der Waals surface area contributed by atoms with Crippen LogP contribution in [0.25, 0.3) is 0 Å². The average Bonchev–Trinajstić information content (AvgIpc) is 2.91. The Morgan fingerprint density at radius 2 is 1.72 bits per heavy atom. The largest absolute Gasteiger partial charge is 0.469 e. The molecule has 0 bridgehead atoms. The van der Waals surface area contributed by atoms with Crippen LogP contribution in [-0.4, -0.2) is 37.0 Å². The molecule has 2 aliphatic rings. The van der Waals surface area contributed by atoms with E-state index >= 15 is 0 Å². The molecule has 1 aliphatic heterocycles. The molecular formula is C14H23NO3. The summed E-state index contributed by atoms with van der Waals surface area (Å²) in [7, 11) is 1.43. The Morgan fingerprint density at radius 3 is 2.28 bits per heavy atom. The van der Waals surface area contributed by atoms with Crippen molar-refractivity contribution in [3.63, 3.8) is 0 Å². The lowest BCUT2D eigenvalue weighted by Crippen LogP contribution is -2.41. The van der Waals surface area contributed by atoms with E-state index in [1.165, 1.54) is 32.8 Å². The maximum atomic E-state index is 12.1. The Bertz CT molecular complexity index is 302. The molecule has 0 spiro atoms. The van der Waals surface area contributed by atoms with Gasteiger partial charge in [-0.2, -0.15) is 0 Å². The number of carbonyl (C=O) groups is 2. The maximum Gasteiger partial charge on any atom is 0.308 e. The van der Waals surface area contributed by atoms with Crippen molar-refractivity contribution in [1.29, 1.82) is 0 Å². The van der Waals surface area contributed by atoms with Crippen molar-refractivity contribution in [2.75, 3.05) is 20.2 Å². The Kier molecular flexibility index (Phi) is 4.61. The van der Waals surface area contributed by atoms with Crippen molar-refractivity contribution >= 4 is 11.9 Å². The predicted octanol–water partition coefficient (Wildman–Crippen LogP) is 1.98. The molecule has 0 unspecified atom stereocenters. The number of likely N-dealkylation sites (tertiary alicyclic amines) is 1. The van der Waals surface area contributed by atoms with Crippen LogP contribution in [0.4, 0.5) is 0 Å². The summed E-state index contributed by atoms with van der Waals surface area (Å²) in [6.45, 7) is 1.43. The van der Waals surface area contributed by atoms with Crippen LogP contribution in [0.1, 0.15) is 44.9 Å². The average molecular weight is 253 g/mol. The topological polar surface area (TPSA) is 46.6 Å². The lowest BCUT2D eigenvalue weighted by Gasteiger charge is -2.31. The molecule has 1 amide bonds. The van der Waals surface area contributed by atoms with Gasteiger partial charge < -0.3 is 9.64 Å². The number of ether oxygens (including phenoxy) is 1. The molecule has 0 N–H and O–H groups in total. The first-order valence-corrected chi connectivity index (χ1v) is 7.06. The zero-order chi connectivity index (χ0) is 13.0. The van der Waals surface area contributed by atoms with Crippen LogP contribution < -0.4 is 0 Å². The fourth-order valence-electron chi connectivity index (χ4n) is 3.12. The maximum absolute atomic E-state index is 12.1. The Balaban J connectivity index is 1.74. The van der Waals surface area contributed by atoms with Gasteiger partial charge in [-0.05, 0) is 31.6 Å². The molecule has 4 heteroatoms. The highest BCUT2D eigenvalue weighted by Gasteiger charge is 2.29. The molecule has 2 rings (SSSR count). The Morgan fingerprint density at radius 1 is 1.11 bits per heavy atom. The molecule has 0 atom stereocenters. The minimum atomic E-state index is -0.127. The fraction of sp³-hybridized carbons (Fsp3) is 0.857. The third-order valence-corrected chi connectivity index (χ3v) is 4.32. The van der Waals surface area contributed by atoms with E-state index in [-0.39, 0.29) is 17.8 Å². The normalized spacial score (nSPS) is 22.2. The number of carbonyl (C=O) groups excluding carboxylic acids is 2. The third kappa shape index (κ3) is 3.24. The van der Waals surface area contributed by atoms with Crippen molar-refractivity contribution in [3.05, 3.63) is 0 Å². The molecule has 4 nitrogen and oxygen atoms in total. The molecule has 0 radical (unpaired) electrons. The van der Waals surface area contributed by atoms with Crippen LogP contribution in [0.3, 0.4) is 0 Å².